The summed E-state index contributed by atoms with van der Waals surface area (Å²) in [6.45, 7) is 1.57. The van der Waals surface area contributed by atoms with E-state index >= 15 is 0 Å². The number of carbonyl (C=O) groups is 2. The van der Waals surface area contributed by atoms with Crippen molar-refractivity contribution in [1.29, 1.82) is 0 Å². The summed E-state index contributed by atoms with van der Waals surface area (Å²) in [5.41, 5.74) is 1.38. The van der Waals surface area contributed by atoms with Gasteiger partial charge in [-0.1, -0.05) is 15.9 Å². The fourth-order valence-electron chi connectivity index (χ4n) is 2.97. The average molecular weight is 294 g/mol. The number of amides is 1. The van der Waals surface area contributed by atoms with Crippen molar-refractivity contribution in [2.45, 2.75) is 18.8 Å². The lowest BCUT2D eigenvalue weighted by Crippen LogP contribution is -2.30. The van der Waals surface area contributed by atoms with E-state index < -0.39 is 5.41 Å². The molecular weight excluding hydrogens is 282 g/mol. The summed E-state index contributed by atoms with van der Waals surface area (Å²) in [5, 5.41) is 0. The number of halogens is 1. The first-order chi connectivity index (χ1) is 7.98. The van der Waals surface area contributed by atoms with Crippen molar-refractivity contribution in [1.82, 2.24) is 0 Å². The molecule has 1 aromatic carbocycles. The SMILES string of the molecule is CC(=O)C1C[C@]12C(=O)N(C)c1ccc(Br)cc12. The summed E-state index contributed by atoms with van der Waals surface area (Å²) >= 11 is 3.43. The number of anilines is 1. The van der Waals surface area contributed by atoms with E-state index in [4.69, 9.17) is 0 Å². The van der Waals surface area contributed by atoms with Crippen LogP contribution in [0.25, 0.3) is 0 Å². The van der Waals surface area contributed by atoms with Gasteiger partial charge in [0.05, 0.1) is 5.41 Å². The summed E-state index contributed by atoms with van der Waals surface area (Å²) in [6.07, 6.45) is 0.662. The van der Waals surface area contributed by atoms with Crippen LogP contribution in [0.4, 0.5) is 5.69 Å². The fourth-order valence-corrected chi connectivity index (χ4v) is 3.33. The monoisotopic (exact) mass is 293 g/mol. The Kier molecular flexibility index (Phi) is 2.06. The molecule has 3 rings (SSSR count). The number of hydrogen-bond donors (Lipinski definition) is 0. The molecule has 1 aliphatic carbocycles. The van der Waals surface area contributed by atoms with Gasteiger partial charge in [0, 0.05) is 23.1 Å². The van der Waals surface area contributed by atoms with Gasteiger partial charge in [-0.25, -0.2) is 0 Å². The van der Waals surface area contributed by atoms with E-state index in [9.17, 15) is 9.59 Å². The summed E-state index contributed by atoms with van der Waals surface area (Å²) < 4.78 is 0.952. The Morgan fingerprint density at radius 1 is 1.53 bits per heavy atom. The number of Topliss-reactive ketones (excluding diaryl/α,β-unsaturated/α-hetero) is 1. The minimum absolute atomic E-state index is 0.0609. The van der Waals surface area contributed by atoms with E-state index in [-0.39, 0.29) is 17.6 Å². The van der Waals surface area contributed by atoms with Gasteiger partial charge in [0.15, 0.2) is 0 Å². The molecule has 1 aromatic rings. The lowest BCUT2D eigenvalue weighted by Gasteiger charge is -2.10. The van der Waals surface area contributed by atoms with Crippen LogP contribution in [0.5, 0.6) is 0 Å². The van der Waals surface area contributed by atoms with Gasteiger partial charge < -0.3 is 4.90 Å². The maximum Gasteiger partial charge on any atom is 0.238 e. The van der Waals surface area contributed by atoms with Gasteiger partial charge in [-0.15, -0.1) is 0 Å². The molecule has 3 nitrogen and oxygen atoms in total. The lowest BCUT2D eigenvalue weighted by atomic mass is 9.94. The van der Waals surface area contributed by atoms with Crippen molar-refractivity contribution in [3.63, 3.8) is 0 Å². The predicted molar refractivity (Wildman–Crippen MR) is 68.0 cm³/mol. The van der Waals surface area contributed by atoms with Crippen LogP contribution < -0.4 is 4.90 Å². The Morgan fingerprint density at radius 3 is 2.82 bits per heavy atom. The Bertz CT molecular complexity index is 554. The third-order valence-corrected chi connectivity index (χ3v) is 4.43. The third-order valence-electron chi connectivity index (χ3n) is 3.94. The smallest absolute Gasteiger partial charge is 0.238 e. The molecule has 17 heavy (non-hydrogen) atoms. The van der Waals surface area contributed by atoms with Crippen LogP contribution in [0.2, 0.25) is 0 Å². The van der Waals surface area contributed by atoms with Crippen molar-refractivity contribution in [3.8, 4) is 0 Å². The Morgan fingerprint density at radius 2 is 2.24 bits per heavy atom. The zero-order valence-corrected chi connectivity index (χ0v) is 11.2. The van der Waals surface area contributed by atoms with Gasteiger partial charge >= 0.3 is 0 Å². The minimum Gasteiger partial charge on any atom is -0.314 e. The number of carbonyl (C=O) groups excluding carboxylic acids is 2. The van der Waals surface area contributed by atoms with Crippen LogP contribution in [-0.4, -0.2) is 18.7 Å². The summed E-state index contributed by atoms with van der Waals surface area (Å²) in [6, 6.07) is 5.83. The van der Waals surface area contributed by atoms with Crippen molar-refractivity contribution >= 4 is 33.3 Å². The highest BCUT2D eigenvalue weighted by atomic mass is 79.9. The molecule has 1 spiro atoms. The standard InChI is InChI=1S/C13H12BrNO2/c1-7(16)10-6-13(10)9-5-8(14)3-4-11(9)15(2)12(13)17/h3-5,10H,6H2,1-2H3/t10?,13-/m1/s1. The number of benzene rings is 1. The second kappa shape index (κ2) is 3.19. The van der Waals surface area contributed by atoms with Crippen molar-refractivity contribution in [2.24, 2.45) is 5.92 Å². The number of nitrogens with zero attached hydrogens (tertiary/aromatic N) is 1. The highest BCUT2D eigenvalue weighted by Gasteiger charge is 2.67. The average Bonchev–Trinajstić information content (AvgIpc) is 2.99. The molecule has 0 saturated heterocycles. The number of ketones is 1. The van der Waals surface area contributed by atoms with Gasteiger partial charge in [0.1, 0.15) is 5.78 Å². The number of hydrogen-bond acceptors (Lipinski definition) is 2. The van der Waals surface area contributed by atoms with Gasteiger partial charge in [-0.05, 0) is 37.1 Å². The van der Waals surface area contributed by atoms with Crippen molar-refractivity contribution in [3.05, 3.63) is 28.2 Å². The highest BCUT2D eigenvalue weighted by Crippen LogP contribution is 2.61. The van der Waals surface area contributed by atoms with Crippen LogP contribution in [0.15, 0.2) is 22.7 Å². The molecule has 4 heteroatoms. The van der Waals surface area contributed by atoms with E-state index in [1.165, 1.54) is 0 Å². The quantitative estimate of drug-likeness (QED) is 0.797. The predicted octanol–water partition coefficient (Wildman–Crippen LogP) is 2.27. The van der Waals surface area contributed by atoms with E-state index in [0.717, 1.165) is 15.7 Å². The molecule has 1 saturated carbocycles. The van der Waals surface area contributed by atoms with E-state index in [1.807, 2.05) is 18.2 Å². The molecule has 1 heterocycles. The zero-order valence-electron chi connectivity index (χ0n) is 9.66. The number of rotatable bonds is 1. The summed E-state index contributed by atoms with van der Waals surface area (Å²) in [4.78, 5) is 25.5. The first-order valence-electron chi connectivity index (χ1n) is 5.57. The second-order valence-corrected chi connectivity index (χ2v) is 5.78. The molecule has 0 bridgehead atoms. The molecule has 0 aromatic heterocycles. The van der Waals surface area contributed by atoms with Crippen molar-refractivity contribution < 1.29 is 9.59 Å². The van der Waals surface area contributed by atoms with E-state index in [0.29, 0.717) is 6.42 Å². The normalized spacial score (nSPS) is 29.7. The molecule has 1 aliphatic heterocycles. The third kappa shape index (κ3) is 1.22. The maximum absolute atomic E-state index is 12.3. The fraction of sp³-hybridized carbons (Fsp3) is 0.385. The molecule has 2 aliphatic rings. The highest BCUT2D eigenvalue weighted by molar-refractivity contribution is 9.10. The molecular formula is C13H12BrNO2. The molecule has 1 unspecified atom stereocenters. The Labute approximate surface area is 108 Å². The minimum atomic E-state index is -0.556. The van der Waals surface area contributed by atoms with Crippen molar-refractivity contribution in [2.75, 3.05) is 11.9 Å². The molecule has 2 atom stereocenters. The Hall–Kier alpha value is -1.16. The van der Waals surface area contributed by atoms with Gasteiger partial charge in [-0.2, -0.15) is 0 Å². The molecule has 0 radical (unpaired) electrons. The van der Waals surface area contributed by atoms with E-state index in [2.05, 4.69) is 15.9 Å². The van der Waals surface area contributed by atoms with Crippen LogP contribution in [0.3, 0.4) is 0 Å². The first kappa shape index (κ1) is 11.0. The van der Waals surface area contributed by atoms with E-state index in [1.54, 1.807) is 18.9 Å². The second-order valence-electron chi connectivity index (χ2n) is 4.86. The van der Waals surface area contributed by atoms with Gasteiger partial charge in [0.2, 0.25) is 5.91 Å². The number of likely N-dealkylation sites (N-methyl/N-ethyl adjacent to an activating group) is 1. The first-order valence-corrected chi connectivity index (χ1v) is 6.36. The van der Waals surface area contributed by atoms with Crippen LogP contribution >= 0.6 is 15.9 Å². The zero-order chi connectivity index (χ0) is 12.4. The van der Waals surface area contributed by atoms with Crippen LogP contribution in [0, 0.1) is 5.92 Å². The number of fused-ring (bicyclic) bond motifs is 2. The molecule has 88 valence electrons. The van der Waals surface area contributed by atoms with Crippen LogP contribution in [-0.2, 0) is 15.0 Å². The molecule has 1 amide bonds. The van der Waals surface area contributed by atoms with Gasteiger partial charge in [0.25, 0.3) is 0 Å². The van der Waals surface area contributed by atoms with Crippen LogP contribution in [0.1, 0.15) is 18.9 Å². The lowest BCUT2D eigenvalue weighted by molar-refractivity contribution is -0.124. The topological polar surface area (TPSA) is 37.4 Å². The maximum atomic E-state index is 12.3. The molecule has 1 fully saturated rings. The Balaban J connectivity index is 2.18. The largest absolute Gasteiger partial charge is 0.314 e. The van der Waals surface area contributed by atoms with Gasteiger partial charge in [-0.3, -0.25) is 9.59 Å². The molecule has 0 N–H and O–H groups in total. The summed E-state index contributed by atoms with van der Waals surface area (Å²) in [5.74, 6) is 0.0402. The summed E-state index contributed by atoms with van der Waals surface area (Å²) in [7, 11) is 1.78.